The molecule has 1 N–H and O–H groups in total. The van der Waals surface area contributed by atoms with E-state index in [4.69, 9.17) is 4.42 Å². The van der Waals surface area contributed by atoms with Crippen molar-refractivity contribution in [2.75, 3.05) is 6.54 Å². The second-order valence-corrected chi connectivity index (χ2v) is 4.46. The zero-order valence-electron chi connectivity index (χ0n) is 9.45. The van der Waals surface area contributed by atoms with Gasteiger partial charge in [0.2, 0.25) is 0 Å². The van der Waals surface area contributed by atoms with E-state index < -0.39 is 0 Å². The van der Waals surface area contributed by atoms with Crippen LogP contribution in [0.4, 0.5) is 4.39 Å². The van der Waals surface area contributed by atoms with Crippen LogP contribution in [0.15, 0.2) is 45.7 Å². The number of carbonyl (C=O) groups excluding carboxylic acids is 1. The van der Waals surface area contributed by atoms with Gasteiger partial charge in [0.25, 0.3) is 5.91 Å². The summed E-state index contributed by atoms with van der Waals surface area (Å²) in [5.41, 5.74) is 1.44. The molecule has 0 saturated heterocycles. The van der Waals surface area contributed by atoms with Crippen LogP contribution in [0.1, 0.15) is 15.9 Å². The van der Waals surface area contributed by atoms with E-state index in [1.54, 1.807) is 18.2 Å². The lowest BCUT2D eigenvalue weighted by molar-refractivity contribution is 0.0952. The fourth-order valence-electron chi connectivity index (χ4n) is 1.52. The Morgan fingerprint density at radius 1 is 1.28 bits per heavy atom. The predicted octanol–water partition coefficient (Wildman–Crippen LogP) is 3.15. The molecule has 1 amide bonds. The number of carbonyl (C=O) groups is 1. The smallest absolute Gasteiger partial charge is 0.255 e. The molecule has 0 atom stereocenters. The number of rotatable bonds is 4. The van der Waals surface area contributed by atoms with Crippen molar-refractivity contribution in [3.63, 3.8) is 0 Å². The molecular weight excluding hydrogens is 301 g/mol. The summed E-state index contributed by atoms with van der Waals surface area (Å²) in [4.78, 5) is 11.7. The number of benzene rings is 1. The third-order valence-corrected chi connectivity index (χ3v) is 3.09. The van der Waals surface area contributed by atoms with Gasteiger partial charge >= 0.3 is 0 Å². The number of halogens is 2. The van der Waals surface area contributed by atoms with Gasteiger partial charge in [0.05, 0.1) is 11.8 Å². The van der Waals surface area contributed by atoms with E-state index in [9.17, 15) is 9.18 Å². The van der Waals surface area contributed by atoms with Crippen molar-refractivity contribution < 1.29 is 13.6 Å². The van der Waals surface area contributed by atoms with Gasteiger partial charge in [0, 0.05) is 6.54 Å². The fraction of sp³-hybridized carbons (Fsp3) is 0.154. The summed E-state index contributed by atoms with van der Waals surface area (Å²) >= 11 is 3.14. The molecule has 2 rings (SSSR count). The zero-order valence-corrected chi connectivity index (χ0v) is 11.0. The maximum atomic E-state index is 12.7. The highest BCUT2D eigenvalue weighted by Gasteiger charge is 2.11. The highest BCUT2D eigenvalue weighted by molar-refractivity contribution is 9.10. The number of amides is 1. The summed E-state index contributed by atoms with van der Waals surface area (Å²) in [7, 11) is 0. The first-order valence-electron chi connectivity index (χ1n) is 5.42. The minimum absolute atomic E-state index is 0.197. The largest absolute Gasteiger partial charge is 0.457 e. The van der Waals surface area contributed by atoms with Gasteiger partial charge in [-0.3, -0.25) is 4.79 Å². The highest BCUT2D eigenvalue weighted by atomic mass is 79.9. The molecule has 0 unspecified atom stereocenters. The van der Waals surface area contributed by atoms with E-state index in [2.05, 4.69) is 21.2 Å². The van der Waals surface area contributed by atoms with Gasteiger partial charge < -0.3 is 9.73 Å². The van der Waals surface area contributed by atoms with Gasteiger partial charge in [-0.25, -0.2) is 4.39 Å². The summed E-state index contributed by atoms with van der Waals surface area (Å²) < 4.78 is 18.1. The maximum Gasteiger partial charge on any atom is 0.255 e. The third-order valence-electron chi connectivity index (χ3n) is 2.48. The van der Waals surface area contributed by atoms with Crippen molar-refractivity contribution in [1.29, 1.82) is 0 Å². The lowest BCUT2D eigenvalue weighted by atomic mass is 10.1. The fourth-order valence-corrected chi connectivity index (χ4v) is 1.94. The normalized spacial score (nSPS) is 10.3. The topological polar surface area (TPSA) is 42.2 Å². The Balaban J connectivity index is 1.84. The first-order chi connectivity index (χ1) is 8.66. The Kier molecular flexibility index (Phi) is 4.15. The Morgan fingerprint density at radius 2 is 2.00 bits per heavy atom. The second kappa shape index (κ2) is 5.82. The van der Waals surface area contributed by atoms with Gasteiger partial charge in [0.1, 0.15) is 5.82 Å². The van der Waals surface area contributed by atoms with Crippen LogP contribution in [-0.2, 0) is 6.42 Å². The van der Waals surface area contributed by atoms with E-state index in [0.717, 1.165) is 5.56 Å². The minimum atomic E-state index is -0.259. The SMILES string of the molecule is O=C(NCCc1ccc(F)cc1)c1ccoc1Br. The van der Waals surface area contributed by atoms with Gasteiger partial charge in [-0.05, 0) is 46.1 Å². The zero-order chi connectivity index (χ0) is 13.0. The molecule has 1 heterocycles. The Morgan fingerprint density at radius 3 is 2.61 bits per heavy atom. The molecule has 5 heteroatoms. The highest BCUT2D eigenvalue weighted by Crippen LogP contribution is 2.17. The summed E-state index contributed by atoms with van der Waals surface area (Å²) in [5, 5.41) is 2.77. The quantitative estimate of drug-likeness (QED) is 0.942. The first kappa shape index (κ1) is 12.8. The Bertz CT molecular complexity index is 536. The molecule has 0 radical (unpaired) electrons. The third kappa shape index (κ3) is 3.20. The van der Waals surface area contributed by atoms with Crippen molar-refractivity contribution in [2.24, 2.45) is 0 Å². The maximum absolute atomic E-state index is 12.7. The summed E-state index contributed by atoms with van der Waals surface area (Å²) in [6.45, 7) is 0.488. The van der Waals surface area contributed by atoms with Crippen molar-refractivity contribution in [3.8, 4) is 0 Å². The minimum Gasteiger partial charge on any atom is -0.457 e. The average molecular weight is 312 g/mol. The van der Waals surface area contributed by atoms with E-state index in [0.29, 0.717) is 23.2 Å². The number of hydrogen-bond donors (Lipinski definition) is 1. The monoisotopic (exact) mass is 311 g/mol. The molecular formula is C13H11BrFNO2. The van der Waals surface area contributed by atoms with E-state index >= 15 is 0 Å². The molecule has 0 fully saturated rings. The molecule has 0 spiro atoms. The van der Waals surface area contributed by atoms with Gasteiger partial charge in [-0.15, -0.1) is 0 Å². The van der Waals surface area contributed by atoms with Crippen LogP contribution >= 0.6 is 15.9 Å². The molecule has 1 aromatic carbocycles. The Hall–Kier alpha value is -1.62. The second-order valence-electron chi connectivity index (χ2n) is 3.74. The van der Waals surface area contributed by atoms with Crippen molar-refractivity contribution >= 4 is 21.8 Å². The van der Waals surface area contributed by atoms with Gasteiger partial charge in [-0.2, -0.15) is 0 Å². The lowest BCUT2D eigenvalue weighted by Gasteiger charge is -2.04. The van der Waals surface area contributed by atoms with Gasteiger partial charge in [-0.1, -0.05) is 12.1 Å². The molecule has 0 aliphatic rings. The Labute approximate surface area is 112 Å². The molecule has 3 nitrogen and oxygen atoms in total. The molecule has 0 saturated carbocycles. The van der Waals surface area contributed by atoms with Crippen molar-refractivity contribution in [2.45, 2.75) is 6.42 Å². The molecule has 2 aromatic rings. The van der Waals surface area contributed by atoms with Crippen LogP contribution in [0.5, 0.6) is 0 Å². The van der Waals surface area contributed by atoms with E-state index in [1.807, 2.05) is 0 Å². The van der Waals surface area contributed by atoms with E-state index in [-0.39, 0.29) is 11.7 Å². The van der Waals surface area contributed by atoms with Crippen LogP contribution in [0.25, 0.3) is 0 Å². The number of nitrogens with one attached hydrogen (secondary N) is 1. The van der Waals surface area contributed by atoms with Crippen LogP contribution in [0.3, 0.4) is 0 Å². The van der Waals surface area contributed by atoms with Crippen LogP contribution in [-0.4, -0.2) is 12.5 Å². The average Bonchev–Trinajstić information content (AvgIpc) is 2.78. The molecule has 0 bridgehead atoms. The lowest BCUT2D eigenvalue weighted by Crippen LogP contribution is -2.25. The molecule has 18 heavy (non-hydrogen) atoms. The van der Waals surface area contributed by atoms with Crippen LogP contribution in [0.2, 0.25) is 0 Å². The number of furan rings is 1. The first-order valence-corrected chi connectivity index (χ1v) is 6.22. The van der Waals surface area contributed by atoms with Crippen molar-refractivity contribution in [3.05, 3.63) is 58.2 Å². The standard InChI is InChI=1S/C13H11BrFNO2/c14-12-11(6-8-18-12)13(17)16-7-5-9-1-3-10(15)4-2-9/h1-4,6,8H,5,7H2,(H,16,17). The molecule has 0 aliphatic heterocycles. The van der Waals surface area contributed by atoms with Gasteiger partial charge in [0.15, 0.2) is 4.67 Å². The summed E-state index contributed by atoms with van der Waals surface area (Å²) in [6.07, 6.45) is 2.10. The molecule has 0 aliphatic carbocycles. The van der Waals surface area contributed by atoms with Crippen molar-refractivity contribution in [1.82, 2.24) is 5.32 Å². The number of hydrogen-bond acceptors (Lipinski definition) is 2. The summed E-state index contributed by atoms with van der Waals surface area (Å²) in [5.74, 6) is -0.456. The van der Waals surface area contributed by atoms with Crippen LogP contribution < -0.4 is 5.32 Å². The summed E-state index contributed by atoms with van der Waals surface area (Å²) in [6, 6.07) is 7.81. The predicted molar refractivity (Wildman–Crippen MR) is 68.8 cm³/mol. The van der Waals surface area contributed by atoms with E-state index in [1.165, 1.54) is 18.4 Å². The van der Waals surface area contributed by atoms with Crippen LogP contribution in [0, 0.1) is 5.82 Å². The molecule has 1 aromatic heterocycles. The molecule has 94 valence electrons.